The van der Waals surface area contributed by atoms with Gasteiger partial charge in [-0.3, -0.25) is 0 Å². The maximum Gasteiger partial charge on any atom is 0.238 e. The first kappa shape index (κ1) is 14.5. The molecular formula is C14H22N2O2S. The highest BCUT2D eigenvalue weighted by Crippen LogP contribution is 2.37. The summed E-state index contributed by atoms with van der Waals surface area (Å²) in [6.07, 6.45) is 3.67. The van der Waals surface area contributed by atoms with Gasteiger partial charge in [-0.05, 0) is 36.0 Å². The molecule has 5 heteroatoms. The van der Waals surface area contributed by atoms with Crippen LogP contribution in [-0.4, -0.2) is 14.5 Å². The highest BCUT2D eigenvalue weighted by Gasteiger charge is 2.33. The van der Waals surface area contributed by atoms with Gasteiger partial charge in [0.05, 0.1) is 4.90 Å². The van der Waals surface area contributed by atoms with E-state index in [9.17, 15) is 8.42 Å². The van der Waals surface area contributed by atoms with Gasteiger partial charge >= 0.3 is 0 Å². The van der Waals surface area contributed by atoms with Crippen molar-refractivity contribution in [1.29, 1.82) is 0 Å². The molecule has 106 valence electrons. The second-order valence-electron chi connectivity index (χ2n) is 6.01. The Labute approximate surface area is 115 Å². The Morgan fingerprint density at radius 1 is 1.42 bits per heavy atom. The Morgan fingerprint density at radius 3 is 2.74 bits per heavy atom. The van der Waals surface area contributed by atoms with Gasteiger partial charge in [-0.1, -0.05) is 32.4 Å². The van der Waals surface area contributed by atoms with Crippen LogP contribution < -0.4 is 10.5 Å². The largest absolute Gasteiger partial charge is 0.309 e. The zero-order valence-electron chi connectivity index (χ0n) is 11.5. The summed E-state index contributed by atoms with van der Waals surface area (Å²) < 4.78 is 22.6. The van der Waals surface area contributed by atoms with E-state index in [2.05, 4.69) is 19.2 Å². The third-order valence-corrected chi connectivity index (χ3v) is 4.95. The van der Waals surface area contributed by atoms with Gasteiger partial charge in [0.25, 0.3) is 0 Å². The van der Waals surface area contributed by atoms with E-state index in [1.165, 1.54) is 25.3 Å². The Hall–Kier alpha value is -0.910. The van der Waals surface area contributed by atoms with Crippen molar-refractivity contribution in [2.24, 2.45) is 10.6 Å². The quantitative estimate of drug-likeness (QED) is 0.887. The molecule has 1 unspecified atom stereocenters. The Bertz CT molecular complexity index is 552. The minimum absolute atomic E-state index is 0.178. The van der Waals surface area contributed by atoms with Gasteiger partial charge in [0.15, 0.2) is 0 Å². The molecule has 4 nitrogen and oxygen atoms in total. The molecule has 0 amide bonds. The van der Waals surface area contributed by atoms with Crippen LogP contribution in [0.25, 0.3) is 0 Å². The number of rotatable bonds is 4. The maximum absolute atomic E-state index is 11.3. The van der Waals surface area contributed by atoms with Crippen molar-refractivity contribution >= 4 is 10.0 Å². The predicted octanol–water partition coefficient (Wildman–Crippen LogP) is 2.00. The van der Waals surface area contributed by atoms with E-state index in [4.69, 9.17) is 5.14 Å². The molecular weight excluding hydrogens is 260 g/mol. The maximum atomic E-state index is 11.3. The van der Waals surface area contributed by atoms with E-state index in [1.54, 1.807) is 12.1 Å². The summed E-state index contributed by atoms with van der Waals surface area (Å²) in [4.78, 5) is 0.178. The fourth-order valence-corrected chi connectivity index (χ4v) is 3.36. The van der Waals surface area contributed by atoms with Crippen molar-refractivity contribution in [1.82, 2.24) is 5.32 Å². The molecule has 0 spiro atoms. The average Bonchev–Trinajstić information content (AvgIpc) is 2.65. The Balaban J connectivity index is 2.04. The second-order valence-corrected chi connectivity index (χ2v) is 7.57. The molecule has 3 N–H and O–H groups in total. The Morgan fingerprint density at radius 2 is 2.16 bits per heavy atom. The van der Waals surface area contributed by atoms with Crippen LogP contribution in [-0.2, 0) is 16.6 Å². The van der Waals surface area contributed by atoms with E-state index in [-0.39, 0.29) is 4.90 Å². The summed E-state index contributed by atoms with van der Waals surface area (Å²) in [7, 11) is -3.61. The molecule has 1 aliphatic carbocycles. The first-order chi connectivity index (χ1) is 8.79. The van der Waals surface area contributed by atoms with Crippen LogP contribution in [0.3, 0.4) is 0 Å². The standard InChI is InChI=1S/C14H22N2O2S/c1-14(2)8-4-7-13(14)16-10-11-5-3-6-12(9-11)19(15,17)18/h3,5-6,9,13,16H,4,7-8,10H2,1-2H3,(H2,15,17,18). The van der Waals surface area contributed by atoms with E-state index in [0.29, 0.717) is 18.0 Å². The van der Waals surface area contributed by atoms with Gasteiger partial charge in [-0.25, -0.2) is 13.6 Å². The van der Waals surface area contributed by atoms with Crippen molar-refractivity contribution < 1.29 is 8.42 Å². The number of nitrogens with two attached hydrogens (primary N) is 1. The van der Waals surface area contributed by atoms with Crippen LogP contribution in [0.15, 0.2) is 29.2 Å². The van der Waals surface area contributed by atoms with Gasteiger partial charge in [-0.15, -0.1) is 0 Å². The topological polar surface area (TPSA) is 72.2 Å². The lowest BCUT2D eigenvalue weighted by atomic mass is 9.87. The summed E-state index contributed by atoms with van der Waals surface area (Å²) in [5.74, 6) is 0. The monoisotopic (exact) mass is 282 g/mol. The lowest BCUT2D eigenvalue weighted by Gasteiger charge is -2.28. The van der Waals surface area contributed by atoms with Crippen LogP contribution in [0, 0.1) is 5.41 Å². The second kappa shape index (κ2) is 5.23. The van der Waals surface area contributed by atoms with Gasteiger partial charge in [0, 0.05) is 12.6 Å². The molecule has 2 rings (SSSR count). The molecule has 0 aliphatic heterocycles. The van der Waals surface area contributed by atoms with Crippen molar-refractivity contribution in [2.45, 2.75) is 50.6 Å². The molecule has 0 saturated heterocycles. The number of hydrogen-bond donors (Lipinski definition) is 2. The molecule has 1 atom stereocenters. The van der Waals surface area contributed by atoms with Crippen molar-refractivity contribution in [3.63, 3.8) is 0 Å². The molecule has 1 aliphatic rings. The SMILES string of the molecule is CC1(C)CCCC1NCc1cccc(S(N)(=O)=O)c1. The summed E-state index contributed by atoms with van der Waals surface area (Å²) in [6, 6.07) is 7.31. The molecule has 0 heterocycles. The summed E-state index contributed by atoms with van der Waals surface area (Å²) in [6.45, 7) is 5.23. The molecule has 1 fully saturated rings. The number of benzene rings is 1. The van der Waals surface area contributed by atoms with Crippen molar-refractivity contribution in [3.8, 4) is 0 Å². The highest BCUT2D eigenvalue weighted by molar-refractivity contribution is 7.89. The zero-order chi connectivity index (χ0) is 14.1. The number of sulfonamides is 1. The van der Waals surface area contributed by atoms with Crippen LogP contribution in [0.2, 0.25) is 0 Å². The minimum Gasteiger partial charge on any atom is -0.309 e. The number of primary sulfonamides is 1. The molecule has 1 saturated carbocycles. The van der Waals surface area contributed by atoms with E-state index in [0.717, 1.165) is 5.56 Å². The summed E-state index contributed by atoms with van der Waals surface area (Å²) in [5, 5.41) is 8.67. The fourth-order valence-electron chi connectivity index (χ4n) is 2.78. The zero-order valence-corrected chi connectivity index (χ0v) is 12.3. The predicted molar refractivity (Wildman–Crippen MR) is 76.1 cm³/mol. The first-order valence-electron chi connectivity index (χ1n) is 6.64. The third-order valence-electron chi connectivity index (χ3n) is 4.04. The van der Waals surface area contributed by atoms with Gasteiger partial charge in [-0.2, -0.15) is 0 Å². The summed E-state index contributed by atoms with van der Waals surface area (Å²) in [5.41, 5.74) is 1.27. The first-order valence-corrected chi connectivity index (χ1v) is 8.19. The van der Waals surface area contributed by atoms with Crippen LogP contribution in [0.1, 0.15) is 38.7 Å². The number of hydrogen-bond acceptors (Lipinski definition) is 3. The molecule has 19 heavy (non-hydrogen) atoms. The van der Waals surface area contributed by atoms with Crippen LogP contribution >= 0.6 is 0 Å². The average molecular weight is 282 g/mol. The molecule has 0 bridgehead atoms. The minimum atomic E-state index is -3.61. The summed E-state index contributed by atoms with van der Waals surface area (Å²) >= 11 is 0. The lowest BCUT2D eigenvalue weighted by Crippen LogP contribution is -2.37. The highest BCUT2D eigenvalue weighted by atomic mass is 32.2. The third kappa shape index (κ3) is 3.55. The van der Waals surface area contributed by atoms with Crippen LogP contribution in [0.4, 0.5) is 0 Å². The van der Waals surface area contributed by atoms with Gasteiger partial charge in [0.2, 0.25) is 10.0 Å². The van der Waals surface area contributed by atoms with Crippen LogP contribution in [0.5, 0.6) is 0 Å². The van der Waals surface area contributed by atoms with E-state index < -0.39 is 10.0 Å². The molecule has 1 aromatic carbocycles. The number of nitrogens with one attached hydrogen (secondary N) is 1. The van der Waals surface area contributed by atoms with E-state index >= 15 is 0 Å². The van der Waals surface area contributed by atoms with Crippen molar-refractivity contribution in [3.05, 3.63) is 29.8 Å². The smallest absolute Gasteiger partial charge is 0.238 e. The van der Waals surface area contributed by atoms with Gasteiger partial charge < -0.3 is 5.32 Å². The van der Waals surface area contributed by atoms with E-state index in [1.807, 2.05) is 6.07 Å². The molecule has 0 radical (unpaired) electrons. The molecule has 1 aromatic rings. The normalized spacial score (nSPS) is 22.6. The van der Waals surface area contributed by atoms with Crippen molar-refractivity contribution in [2.75, 3.05) is 0 Å². The fraction of sp³-hybridized carbons (Fsp3) is 0.571. The molecule has 0 aromatic heterocycles. The van der Waals surface area contributed by atoms with Gasteiger partial charge in [0.1, 0.15) is 0 Å². The Kier molecular flexibility index (Phi) is 3.99. The lowest BCUT2D eigenvalue weighted by molar-refractivity contribution is 0.282.